The van der Waals surface area contributed by atoms with Crippen LogP contribution in [0.15, 0.2) is 33.7 Å². The number of hydrogen-bond donors (Lipinski definition) is 3. The van der Waals surface area contributed by atoms with Crippen LogP contribution in [0.2, 0.25) is 0 Å². The van der Waals surface area contributed by atoms with Crippen LogP contribution in [-0.2, 0) is 0 Å². The third-order valence-corrected chi connectivity index (χ3v) is 2.20. The van der Waals surface area contributed by atoms with Crippen LogP contribution in [-0.4, -0.2) is 17.7 Å². The van der Waals surface area contributed by atoms with Crippen molar-refractivity contribution in [3.63, 3.8) is 0 Å². The van der Waals surface area contributed by atoms with E-state index in [4.69, 9.17) is 16.6 Å². The maximum absolute atomic E-state index is 9.09. The fourth-order valence-corrected chi connectivity index (χ4v) is 1.53. The van der Waals surface area contributed by atoms with Gasteiger partial charge in [-0.15, -0.1) is 0 Å². The number of halogens is 1. The number of aliphatic hydroxyl groups is 1. The van der Waals surface area contributed by atoms with E-state index in [0.29, 0.717) is 0 Å². The normalized spacial score (nSPS) is 12.1. The van der Waals surface area contributed by atoms with Gasteiger partial charge in [0.15, 0.2) is 5.96 Å². The van der Waals surface area contributed by atoms with Gasteiger partial charge in [0, 0.05) is 4.47 Å². The summed E-state index contributed by atoms with van der Waals surface area (Å²) in [5.41, 5.74) is 11.4. The van der Waals surface area contributed by atoms with Crippen LogP contribution >= 0.6 is 15.9 Å². The largest absolute Gasteiger partial charge is 0.394 e. The van der Waals surface area contributed by atoms with Gasteiger partial charge < -0.3 is 16.6 Å². The molecule has 0 aromatic heterocycles. The van der Waals surface area contributed by atoms with Crippen molar-refractivity contribution in [1.29, 1.82) is 0 Å². The number of aliphatic imine (C=N–C) groups is 1. The lowest BCUT2D eigenvalue weighted by atomic mass is 10.1. The van der Waals surface area contributed by atoms with Gasteiger partial charge in [0.25, 0.3) is 0 Å². The fraction of sp³-hybridized carbons (Fsp3) is 0.222. The van der Waals surface area contributed by atoms with Gasteiger partial charge in [-0.05, 0) is 17.7 Å². The SMILES string of the molecule is NC(N)=NC(CO)c1cccc(Br)c1. The third-order valence-electron chi connectivity index (χ3n) is 1.71. The molecule has 1 rings (SSSR count). The average molecular weight is 258 g/mol. The zero-order chi connectivity index (χ0) is 10.6. The second-order valence-electron chi connectivity index (χ2n) is 2.81. The standard InChI is InChI=1S/C9H12BrN3O/c10-7-3-1-2-6(4-7)8(5-14)13-9(11)12/h1-4,8,14H,5H2,(H4,11,12,13). The quantitative estimate of drug-likeness (QED) is 0.552. The van der Waals surface area contributed by atoms with E-state index >= 15 is 0 Å². The molecule has 0 saturated heterocycles. The molecule has 5 heteroatoms. The van der Waals surface area contributed by atoms with E-state index in [1.54, 1.807) is 0 Å². The zero-order valence-electron chi connectivity index (χ0n) is 7.52. The first-order valence-corrected chi connectivity index (χ1v) is 4.88. The molecule has 0 heterocycles. The molecule has 0 spiro atoms. The Kier molecular flexibility index (Phi) is 3.91. The van der Waals surface area contributed by atoms with Crippen molar-refractivity contribution in [2.45, 2.75) is 6.04 Å². The summed E-state index contributed by atoms with van der Waals surface area (Å²) in [4.78, 5) is 3.91. The molecule has 1 aromatic carbocycles. The maximum atomic E-state index is 9.09. The van der Waals surface area contributed by atoms with E-state index in [1.165, 1.54) is 0 Å². The van der Waals surface area contributed by atoms with Gasteiger partial charge in [0.1, 0.15) is 6.04 Å². The molecule has 0 aliphatic heterocycles. The van der Waals surface area contributed by atoms with Gasteiger partial charge in [-0.2, -0.15) is 0 Å². The maximum Gasteiger partial charge on any atom is 0.186 e. The van der Waals surface area contributed by atoms with E-state index in [2.05, 4.69) is 20.9 Å². The Morgan fingerprint density at radius 2 is 2.21 bits per heavy atom. The number of rotatable bonds is 3. The molecule has 0 fully saturated rings. The topological polar surface area (TPSA) is 84.6 Å². The van der Waals surface area contributed by atoms with Crippen molar-refractivity contribution in [3.8, 4) is 0 Å². The summed E-state index contributed by atoms with van der Waals surface area (Å²) in [5, 5.41) is 9.09. The van der Waals surface area contributed by atoms with Crippen LogP contribution in [0.5, 0.6) is 0 Å². The Hall–Kier alpha value is -1.07. The van der Waals surface area contributed by atoms with Crippen molar-refractivity contribution >= 4 is 21.9 Å². The smallest absolute Gasteiger partial charge is 0.186 e. The van der Waals surface area contributed by atoms with E-state index in [0.717, 1.165) is 10.0 Å². The minimum atomic E-state index is -0.391. The molecule has 1 atom stereocenters. The number of benzene rings is 1. The lowest BCUT2D eigenvalue weighted by Gasteiger charge is -2.10. The summed E-state index contributed by atoms with van der Waals surface area (Å²) in [6.45, 7) is -0.117. The first-order chi connectivity index (χ1) is 6.63. The Labute approximate surface area is 90.8 Å². The minimum Gasteiger partial charge on any atom is -0.394 e. The predicted octanol–water partition coefficient (Wildman–Crippen LogP) is 0.756. The zero-order valence-corrected chi connectivity index (χ0v) is 9.11. The van der Waals surface area contributed by atoms with Gasteiger partial charge in [0.2, 0.25) is 0 Å². The van der Waals surface area contributed by atoms with Crippen molar-refractivity contribution in [3.05, 3.63) is 34.3 Å². The highest BCUT2D eigenvalue weighted by molar-refractivity contribution is 9.10. The molecular weight excluding hydrogens is 246 g/mol. The van der Waals surface area contributed by atoms with E-state index < -0.39 is 6.04 Å². The Morgan fingerprint density at radius 3 is 2.71 bits per heavy atom. The summed E-state index contributed by atoms with van der Waals surface area (Å²) in [7, 11) is 0. The highest BCUT2D eigenvalue weighted by Gasteiger charge is 2.08. The van der Waals surface area contributed by atoms with Gasteiger partial charge in [-0.1, -0.05) is 28.1 Å². The molecule has 0 saturated carbocycles. The number of nitrogens with zero attached hydrogens (tertiary/aromatic N) is 1. The summed E-state index contributed by atoms with van der Waals surface area (Å²) in [5.74, 6) is -0.0241. The minimum absolute atomic E-state index is 0.0241. The summed E-state index contributed by atoms with van der Waals surface area (Å²) < 4.78 is 0.930. The number of guanidine groups is 1. The van der Waals surface area contributed by atoms with E-state index in [1.807, 2.05) is 24.3 Å². The van der Waals surface area contributed by atoms with Crippen LogP contribution < -0.4 is 11.5 Å². The molecule has 4 nitrogen and oxygen atoms in total. The Bertz CT molecular complexity index is 337. The van der Waals surface area contributed by atoms with Gasteiger partial charge >= 0.3 is 0 Å². The monoisotopic (exact) mass is 257 g/mol. The number of aliphatic hydroxyl groups excluding tert-OH is 1. The molecule has 0 bridgehead atoms. The first kappa shape index (κ1) is 11.0. The first-order valence-electron chi connectivity index (χ1n) is 4.08. The van der Waals surface area contributed by atoms with Crippen LogP contribution in [0.4, 0.5) is 0 Å². The summed E-state index contributed by atoms with van der Waals surface area (Å²) in [6, 6.07) is 7.10. The van der Waals surface area contributed by atoms with Crippen LogP contribution in [0.25, 0.3) is 0 Å². The lowest BCUT2D eigenvalue weighted by Crippen LogP contribution is -2.24. The van der Waals surface area contributed by atoms with Gasteiger partial charge in [-0.3, -0.25) is 0 Å². The second-order valence-corrected chi connectivity index (χ2v) is 3.72. The lowest BCUT2D eigenvalue weighted by molar-refractivity contribution is 0.269. The average Bonchev–Trinajstić information content (AvgIpc) is 2.14. The molecule has 0 amide bonds. The molecule has 0 radical (unpaired) electrons. The molecule has 0 aliphatic carbocycles. The second kappa shape index (κ2) is 4.97. The Morgan fingerprint density at radius 1 is 1.50 bits per heavy atom. The van der Waals surface area contributed by atoms with Gasteiger partial charge in [-0.25, -0.2) is 4.99 Å². The Balaban J connectivity index is 2.95. The highest BCUT2D eigenvalue weighted by atomic mass is 79.9. The van der Waals surface area contributed by atoms with Crippen molar-refractivity contribution < 1.29 is 5.11 Å². The van der Waals surface area contributed by atoms with Crippen molar-refractivity contribution in [1.82, 2.24) is 0 Å². The molecule has 14 heavy (non-hydrogen) atoms. The molecule has 76 valence electrons. The van der Waals surface area contributed by atoms with Crippen molar-refractivity contribution in [2.24, 2.45) is 16.5 Å². The summed E-state index contributed by atoms with van der Waals surface area (Å²) in [6.07, 6.45) is 0. The predicted molar refractivity (Wildman–Crippen MR) is 59.8 cm³/mol. The van der Waals surface area contributed by atoms with Crippen LogP contribution in [0, 0.1) is 0 Å². The van der Waals surface area contributed by atoms with Crippen LogP contribution in [0.1, 0.15) is 11.6 Å². The molecule has 1 unspecified atom stereocenters. The fourth-order valence-electron chi connectivity index (χ4n) is 1.11. The molecular formula is C9H12BrN3O. The van der Waals surface area contributed by atoms with Crippen molar-refractivity contribution in [2.75, 3.05) is 6.61 Å². The van der Waals surface area contributed by atoms with Gasteiger partial charge in [0.05, 0.1) is 6.61 Å². The molecule has 0 aliphatic rings. The van der Waals surface area contributed by atoms with Crippen LogP contribution in [0.3, 0.4) is 0 Å². The number of nitrogens with two attached hydrogens (primary N) is 2. The van der Waals surface area contributed by atoms with E-state index in [9.17, 15) is 0 Å². The highest BCUT2D eigenvalue weighted by Crippen LogP contribution is 2.20. The third kappa shape index (κ3) is 3.01. The van der Waals surface area contributed by atoms with E-state index in [-0.39, 0.29) is 12.6 Å². The molecule has 5 N–H and O–H groups in total. The summed E-state index contributed by atoms with van der Waals surface area (Å²) >= 11 is 3.33. The number of hydrogen-bond acceptors (Lipinski definition) is 2. The molecule has 1 aromatic rings.